The number of aromatic nitrogens is 1. The Morgan fingerprint density at radius 3 is 2.85 bits per heavy atom. The fraction of sp³-hybridized carbons (Fsp3) is 0. The Bertz CT molecular complexity index is 414. The molecule has 4 heteroatoms. The van der Waals surface area contributed by atoms with Gasteiger partial charge in [0.2, 0.25) is 0 Å². The summed E-state index contributed by atoms with van der Waals surface area (Å²) in [5.41, 5.74) is 0.793. The minimum Gasteiger partial charge on any atom is -0.364 e. The first-order chi connectivity index (χ1) is 6.27. The fourth-order valence-electron chi connectivity index (χ4n) is 1.05. The lowest BCUT2D eigenvalue weighted by Crippen LogP contribution is -1.83. The first-order valence-corrected chi connectivity index (χ1v) is 4.01. The number of hydrogen-bond donors (Lipinski definition) is 0. The molecule has 0 aliphatic rings. The Morgan fingerprint density at radius 2 is 2.15 bits per heavy atom. The van der Waals surface area contributed by atoms with Crippen LogP contribution in [0.15, 0.2) is 35.1 Å². The molecule has 0 unspecified atom stereocenters. The Morgan fingerprint density at radius 1 is 1.31 bits per heavy atom. The summed E-state index contributed by atoms with van der Waals surface area (Å²) in [6, 6.07) is 5.87. The topological polar surface area (TPSA) is 26.0 Å². The van der Waals surface area contributed by atoms with Crippen molar-refractivity contribution in [3.63, 3.8) is 0 Å². The zero-order valence-corrected chi connectivity index (χ0v) is 7.25. The highest BCUT2D eigenvalue weighted by Crippen LogP contribution is 2.24. The summed E-state index contributed by atoms with van der Waals surface area (Å²) in [6.07, 6.45) is 1.38. The number of benzene rings is 1. The summed E-state index contributed by atoms with van der Waals surface area (Å²) in [5, 5.41) is 4.09. The van der Waals surface area contributed by atoms with E-state index in [1.807, 2.05) is 0 Å². The van der Waals surface area contributed by atoms with Crippen molar-refractivity contribution in [2.24, 2.45) is 0 Å². The first-order valence-electron chi connectivity index (χ1n) is 3.63. The lowest BCUT2D eigenvalue weighted by molar-refractivity contribution is 0.422. The van der Waals surface area contributed by atoms with Crippen LogP contribution in [-0.4, -0.2) is 5.16 Å². The highest BCUT2D eigenvalue weighted by Gasteiger charge is 2.07. The van der Waals surface area contributed by atoms with Gasteiger partial charge in [0.1, 0.15) is 17.8 Å². The van der Waals surface area contributed by atoms with Crippen molar-refractivity contribution in [1.82, 2.24) is 5.16 Å². The number of hydrogen-bond acceptors (Lipinski definition) is 2. The molecule has 0 spiro atoms. The van der Waals surface area contributed by atoms with Gasteiger partial charge < -0.3 is 4.52 Å². The molecule has 1 aromatic carbocycles. The second kappa shape index (κ2) is 3.18. The van der Waals surface area contributed by atoms with E-state index >= 15 is 0 Å². The molecule has 2 aromatic rings. The van der Waals surface area contributed by atoms with E-state index in [-0.39, 0.29) is 5.82 Å². The van der Waals surface area contributed by atoms with E-state index in [0.717, 1.165) is 0 Å². The van der Waals surface area contributed by atoms with Crippen LogP contribution in [0.1, 0.15) is 0 Å². The SMILES string of the molecule is Fc1ccc(Cl)cc1-c1ccon1. The monoisotopic (exact) mass is 197 g/mol. The largest absolute Gasteiger partial charge is 0.364 e. The van der Waals surface area contributed by atoms with Crippen LogP contribution in [0.2, 0.25) is 5.02 Å². The van der Waals surface area contributed by atoms with Crippen molar-refractivity contribution >= 4 is 11.6 Å². The maximum atomic E-state index is 13.2. The highest BCUT2D eigenvalue weighted by molar-refractivity contribution is 6.30. The summed E-state index contributed by atoms with van der Waals surface area (Å²) in [4.78, 5) is 0. The highest BCUT2D eigenvalue weighted by atomic mass is 35.5. The van der Waals surface area contributed by atoms with Crippen molar-refractivity contribution in [1.29, 1.82) is 0 Å². The normalized spacial score (nSPS) is 10.3. The second-order valence-corrected chi connectivity index (χ2v) is 2.95. The third kappa shape index (κ3) is 1.55. The van der Waals surface area contributed by atoms with Gasteiger partial charge in [0.25, 0.3) is 0 Å². The summed E-state index contributed by atoms with van der Waals surface area (Å²) < 4.78 is 17.8. The second-order valence-electron chi connectivity index (χ2n) is 2.51. The lowest BCUT2D eigenvalue weighted by Gasteiger charge is -1.98. The quantitative estimate of drug-likeness (QED) is 0.702. The summed E-state index contributed by atoms with van der Waals surface area (Å²) in [7, 11) is 0. The van der Waals surface area contributed by atoms with E-state index in [4.69, 9.17) is 11.6 Å². The molecular formula is C9H5ClFNO. The van der Waals surface area contributed by atoms with E-state index in [1.165, 1.54) is 24.5 Å². The van der Waals surface area contributed by atoms with Crippen LogP contribution in [0.25, 0.3) is 11.3 Å². The van der Waals surface area contributed by atoms with Crippen LogP contribution in [-0.2, 0) is 0 Å². The zero-order valence-electron chi connectivity index (χ0n) is 6.50. The van der Waals surface area contributed by atoms with Gasteiger partial charge in [0, 0.05) is 16.7 Å². The van der Waals surface area contributed by atoms with Gasteiger partial charge in [0.05, 0.1) is 0 Å². The molecule has 0 bridgehead atoms. The van der Waals surface area contributed by atoms with Crippen molar-refractivity contribution in [3.05, 3.63) is 41.4 Å². The van der Waals surface area contributed by atoms with Gasteiger partial charge in [-0.15, -0.1) is 0 Å². The third-order valence-corrected chi connectivity index (χ3v) is 1.88. The van der Waals surface area contributed by atoms with E-state index in [2.05, 4.69) is 9.68 Å². The predicted molar refractivity (Wildman–Crippen MR) is 46.9 cm³/mol. The molecule has 0 aliphatic heterocycles. The molecule has 0 radical (unpaired) electrons. The van der Waals surface area contributed by atoms with E-state index in [1.54, 1.807) is 6.07 Å². The van der Waals surface area contributed by atoms with Gasteiger partial charge in [-0.3, -0.25) is 0 Å². The molecule has 13 heavy (non-hydrogen) atoms. The van der Waals surface area contributed by atoms with Crippen molar-refractivity contribution in [2.75, 3.05) is 0 Å². The third-order valence-electron chi connectivity index (χ3n) is 1.64. The van der Waals surface area contributed by atoms with Crippen LogP contribution in [0.3, 0.4) is 0 Å². The summed E-state index contributed by atoms with van der Waals surface area (Å²) >= 11 is 5.71. The minimum atomic E-state index is -0.363. The lowest BCUT2D eigenvalue weighted by atomic mass is 10.1. The van der Waals surface area contributed by atoms with Crippen molar-refractivity contribution in [3.8, 4) is 11.3 Å². The van der Waals surface area contributed by atoms with Gasteiger partial charge >= 0.3 is 0 Å². The Labute approximate surface area is 78.9 Å². The molecule has 2 rings (SSSR count). The Balaban J connectivity index is 2.57. The predicted octanol–water partition coefficient (Wildman–Crippen LogP) is 3.13. The molecule has 0 saturated carbocycles. The summed E-state index contributed by atoms with van der Waals surface area (Å²) in [5.74, 6) is -0.363. The average Bonchev–Trinajstić information content (AvgIpc) is 2.61. The van der Waals surface area contributed by atoms with Crippen LogP contribution in [0.4, 0.5) is 4.39 Å². The van der Waals surface area contributed by atoms with Crippen LogP contribution >= 0.6 is 11.6 Å². The smallest absolute Gasteiger partial charge is 0.132 e. The molecule has 1 heterocycles. The van der Waals surface area contributed by atoms with Crippen molar-refractivity contribution in [2.45, 2.75) is 0 Å². The molecule has 0 N–H and O–H groups in total. The van der Waals surface area contributed by atoms with E-state index < -0.39 is 0 Å². The number of rotatable bonds is 1. The first kappa shape index (κ1) is 8.26. The van der Waals surface area contributed by atoms with Gasteiger partial charge in [-0.1, -0.05) is 16.8 Å². The molecule has 0 saturated heterocycles. The number of halogens is 2. The van der Waals surface area contributed by atoms with Gasteiger partial charge in [-0.25, -0.2) is 4.39 Å². The minimum absolute atomic E-state index is 0.348. The van der Waals surface area contributed by atoms with Crippen molar-refractivity contribution < 1.29 is 8.91 Å². The molecule has 66 valence electrons. The molecule has 0 atom stereocenters. The van der Waals surface area contributed by atoms with Gasteiger partial charge in [-0.2, -0.15) is 0 Å². The van der Waals surface area contributed by atoms with Gasteiger partial charge in [0.15, 0.2) is 0 Å². The maximum Gasteiger partial charge on any atom is 0.132 e. The Hall–Kier alpha value is -1.35. The summed E-state index contributed by atoms with van der Waals surface area (Å²) in [6.45, 7) is 0. The Kier molecular flexibility index (Phi) is 2.02. The molecule has 1 aromatic heterocycles. The molecule has 0 fully saturated rings. The molecule has 2 nitrogen and oxygen atoms in total. The zero-order chi connectivity index (χ0) is 9.26. The molecule has 0 aliphatic carbocycles. The van der Waals surface area contributed by atoms with Gasteiger partial charge in [-0.05, 0) is 18.2 Å². The van der Waals surface area contributed by atoms with Crippen LogP contribution in [0, 0.1) is 5.82 Å². The van der Waals surface area contributed by atoms with E-state index in [9.17, 15) is 4.39 Å². The average molecular weight is 198 g/mol. The molecule has 0 amide bonds. The van der Waals surface area contributed by atoms with E-state index in [0.29, 0.717) is 16.3 Å². The fourth-order valence-corrected chi connectivity index (χ4v) is 1.22. The van der Waals surface area contributed by atoms with Crippen LogP contribution < -0.4 is 0 Å². The number of nitrogens with zero attached hydrogens (tertiary/aromatic N) is 1. The molecular weight excluding hydrogens is 193 g/mol. The standard InChI is InChI=1S/C9H5ClFNO/c10-6-1-2-8(11)7(5-6)9-3-4-13-12-9/h1-5H. The van der Waals surface area contributed by atoms with Crippen LogP contribution in [0.5, 0.6) is 0 Å². The maximum absolute atomic E-state index is 13.2.